The van der Waals surface area contributed by atoms with Crippen LogP contribution in [0.4, 0.5) is 4.39 Å². The molecule has 0 heterocycles. The van der Waals surface area contributed by atoms with Gasteiger partial charge in [-0.05, 0) is 30.0 Å². The molecule has 3 heteroatoms. The SMILES string of the molecule is COc1cc([C@@H](C)NC/C=C/C(C)(C)C)ccc1F. The molecule has 0 fully saturated rings. The van der Waals surface area contributed by atoms with Crippen molar-refractivity contribution in [1.29, 1.82) is 0 Å². The topological polar surface area (TPSA) is 21.3 Å². The van der Waals surface area contributed by atoms with Gasteiger partial charge in [-0.1, -0.05) is 39.0 Å². The first kappa shape index (κ1) is 15.7. The number of methoxy groups -OCH3 is 1. The van der Waals surface area contributed by atoms with Crippen molar-refractivity contribution in [2.24, 2.45) is 5.41 Å². The molecule has 0 aliphatic rings. The number of hydrogen-bond donors (Lipinski definition) is 1. The second kappa shape index (κ2) is 6.71. The van der Waals surface area contributed by atoms with E-state index in [4.69, 9.17) is 4.74 Å². The molecule has 0 unspecified atom stereocenters. The maximum absolute atomic E-state index is 13.3. The summed E-state index contributed by atoms with van der Waals surface area (Å²) >= 11 is 0. The summed E-state index contributed by atoms with van der Waals surface area (Å²) < 4.78 is 18.3. The van der Waals surface area contributed by atoms with Gasteiger partial charge in [0.1, 0.15) is 0 Å². The Morgan fingerprint density at radius 2 is 2.05 bits per heavy atom. The van der Waals surface area contributed by atoms with Crippen LogP contribution in [-0.2, 0) is 0 Å². The highest BCUT2D eigenvalue weighted by molar-refractivity contribution is 5.31. The van der Waals surface area contributed by atoms with Gasteiger partial charge in [-0.2, -0.15) is 0 Å². The third-order valence-electron chi connectivity index (χ3n) is 2.83. The number of ether oxygens (including phenoxy) is 1. The van der Waals surface area contributed by atoms with Crippen molar-refractivity contribution in [2.75, 3.05) is 13.7 Å². The van der Waals surface area contributed by atoms with Gasteiger partial charge in [-0.3, -0.25) is 0 Å². The van der Waals surface area contributed by atoms with Crippen molar-refractivity contribution < 1.29 is 9.13 Å². The summed E-state index contributed by atoms with van der Waals surface area (Å²) in [6.07, 6.45) is 4.30. The van der Waals surface area contributed by atoms with Crippen LogP contribution >= 0.6 is 0 Å². The molecule has 19 heavy (non-hydrogen) atoms. The predicted molar refractivity (Wildman–Crippen MR) is 78.0 cm³/mol. The van der Waals surface area contributed by atoms with Gasteiger partial charge in [-0.15, -0.1) is 0 Å². The molecule has 0 saturated heterocycles. The van der Waals surface area contributed by atoms with E-state index in [-0.39, 0.29) is 23.0 Å². The van der Waals surface area contributed by atoms with Gasteiger partial charge < -0.3 is 10.1 Å². The Bertz CT molecular complexity index is 435. The van der Waals surface area contributed by atoms with E-state index in [1.165, 1.54) is 13.2 Å². The Kier molecular flexibility index (Phi) is 5.55. The first-order valence-corrected chi connectivity index (χ1v) is 6.58. The smallest absolute Gasteiger partial charge is 0.165 e. The van der Waals surface area contributed by atoms with Crippen molar-refractivity contribution in [2.45, 2.75) is 33.7 Å². The Hall–Kier alpha value is -1.35. The largest absolute Gasteiger partial charge is 0.494 e. The first-order chi connectivity index (χ1) is 8.83. The van der Waals surface area contributed by atoms with E-state index in [1.54, 1.807) is 12.1 Å². The summed E-state index contributed by atoms with van der Waals surface area (Å²) in [6, 6.07) is 5.11. The Balaban J connectivity index is 2.59. The molecule has 0 aliphatic heterocycles. The van der Waals surface area contributed by atoms with Gasteiger partial charge in [0.25, 0.3) is 0 Å². The van der Waals surface area contributed by atoms with Gasteiger partial charge in [0, 0.05) is 12.6 Å². The minimum Gasteiger partial charge on any atom is -0.494 e. The second-order valence-corrected chi connectivity index (χ2v) is 5.79. The number of allylic oxidation sites excluding steroid dienone is 1. The Morgan fingerprint density at radius 1 is 1.37 bits per heavy atom. The van der Waals surface area contributed by atoms with Crippen LogP contribution in [0, 0.1) is 11.2 Å². The fourth-order valence-corrected chi connectivity index (χ4v) is 1.72. The van der Waals surface area contributed by atoms with E-state index < -0.39 is 0 Å². The van der Waals surface area contributed by atoms with Gasteiger partial charge in [-0.25, -0.2) is 4.39 Å². The molecular weight excluding hydrogens is 241 g/mol. The quantitative estimate of drug-likeness (QED) is 0.810. The van der Waals surface area contributed by atoms with Gasteiger partial charge in [0.05, 0.1) is 7.11 Å². The van der Waals surface area contributed by atoms with Crippen LogP contribution in [0.1, 0.15) is 39.3 Å². The van der Waals surface area contributed by atoms with E-state index in [9.17, 15) is 4.39 Å². The molecule has 1 rings (SSSR count). The van der Waals surface area contributed by atoms with Crippen LogP contribution < -0.4 is 10.1 Å². The maximum atomic E-state index is 13.3. The third-order valence-corrected chi connectivity index (χ3v) is 2.83. The molecule has 0 aliphatic carbocycles. The molecule has 1 N–H and O–H groups in total. The monoisotopic (exact) mass is 265 g/mol. The minimum absolute atomic E-state index is 0.152. The summed E-state index contributed by atoms with van der Waals surface area (Å²) in [7, 11) is 1.48. The van der Waals surface area contributed by atoms with E-state index in [2.05, 4.69) is 45.2 Å². The number of benzene rings is 1. The van der Waals surface area contributed by atoms with Crippen molar-refractivity contribution in [1.82, 2.24) is 5.32 Å². The summed E-state index contributed by atoms with van der Waals surface area (Å²) in [5.41, 5.74) is 1.21. The zero-order valence-electron chi connectivity index (χ0n) is 12.5. The van der Waals surface area contributed by atoms with Crippen LogP contribution in [0.3, 0.4) is 0 Å². The molecule has 0 aromatic heterocycles. The second-order valence-electron chi connectivity index (χ2n) is 5.79. The van der Waals surface area contributed by atoms with Crippen LogP contribution in [-0.4, -0.2) is 13.7 Å². The van der Waals surface area contributed by atoms with Crippen molar-refractivity contribution in [3.63, 3.8) is 0 Å². The van der Waals surface area contributed by atoms with Gasteiger partial charge in [0.15, 0.2) is 11.6 Å². The fourth-order valence-electron chi connectivity index (χ4n) is 1.72. The standard InChI is InChI=1S/C16H24FNO/c1-12(18-10-6-9-16(2,3)4)13-7-8-14(17)15(11-13)19-5/h6-9,11-12,18H,10H2,1-5H3/b9-6+/t12-/m1/s1. The van der Waals surface area contributed by atoms with Crippen molar-refractivity contribution in [3.8, 4) is 5.75 Å². The molecule has 1 aromatic carbocycles. The zero-order chi connectivity index (χ0) is 14.5. The molecule has 0 saturated carbocycles. The molecule has 0 amide bonds. The normalized spacial score (nSPS) is 13.8. The summed E-state index contributed by atoms with van der Waals surface area (Å²) in [6.45, 7) is 9.34. The average molecular weight is 265 g/mol. The maximum Gasteiger partial charge on any atom is 0.165 e. The van der Waals surface area contributed by atoms with Crippen LogP contribution in [0.2, 0.25) is 0 Å². The minimum atomic E-state index is -0.328. The van der Waals surface area contributed by atoms with E-state index in [0.717, 1.165) is 12.1 Å². The lowest BCUT2D eigenvalue weighted by Crippen LogP contribution is -2.19. The predicted octanol–water partition coefficient (Wildman–Crippen LogP) is 4.09. The molecule has 1 aromatic rings. The van der Waals surface area contributed by atoms with Gasteiger partial charge in [0.2, 0.25) is 0 Å². The summed E-state index contributed by atoms with van der Waals surface area (Å²) in [5, 5.41) is 3.38. The average Bonchev–Trinajstić information content (AvgIpc) is 2.33. The first-order valence-electron chi connectivity index (χ1n) is 6.58. The lowest BCUT2D eigenvalue weighted by Gasteiger charge is -2.15. The summed E-state index contributed by atoms with van der Waals surface area (Å²) in [5.74, 6) is -0.0394. The molecular formula is C16H24FNO. The highest BCUT2D eigenvalue weighted by atomic mass is 19.1. The van der Waals surface area contributed by atoms with Crippen LogP contribution in [0.15, 0.2) is 30.4 Å². The highest BCUT2D eigenvalue weighted by Crippen LogP contribution is 2.22. The molecule has 0 bridgehead atoms. The van der Waals surface area contributed by atoms with Gasteiger partial charge >= 0.3 is 0 Å². The Morgan fingerprint density at radius 3 is 2.63 bits per heavy atom. The molecule has 2 nitrogen and oxygen atoms in total. The number of hydrogen-bond acceptors (Lipinski definition) is 2. The van der Waals surface area contributed by atoms with Crippen LogP contribution in [0.25, 0.3) is 0 Å². The van der Waals surface area contributed by atoms with Crippen molar-refractivity contribution in [3.05, 3.63) is 41.7 Å². The molecule has 1 atom stereocenters. The third kappa shape index (κ3) is 5.43. The van der Waals surface area contributed by atoms with E-state index in [1.807, 2.05) is 0 Å². The molecule has 106 valence electrons. The molecule has 0 spiro atoms. The zero-order valence-corrected chi connectivity index (χ0v) is 12.5. The van der Waals surface area contributed by atoms with Crippen LogP contribution in [0.5, 0.6) is 5.75 Å². The van der Waals surface area contributed by atoms with E-state index >= 15 is 0 Å². The number of rotatable bonds is 5. The molecule has 0 radical (unpaired) electrons. The lowest BCUT2D eigenvalue weighted by atomic mass is 9.96. The summed E-state index contributed by atoms with van der Waals surface area (Å²) in [4.78, 5) is 0. The number of halogens is 1. The highest BCUT2D eigenvalue weighted by Gasteiger charge is 2.09. The van der Waals surface area contributed by atoms with E-state index in [0.29, 0.717) is 0 Å². The van der Waals surface area contributed by atoms with Crippen molar-refractivity contribution >= 4 is 0 Å². The fraction of sp³-hybridized carbons (Fsp3) is 0.500. The number of nitrogens with one attached hydrogen (secondary N) is 1. The Labute approximate surface area is 115 Å². The lowest BCUT2D eigenvalue weighted by molar-refractivity contribution is 0.385.